The highest BCUT2D eigenvalue weighted by atomic mass is 19.4. The fraction of sp³-hybridized carbons (Fsp3) is 0.407. The highest BCUT2D eigenvalue weighted by Crippen LogP contribution is 2.41. The van der Waals surface area contributed by atoms with Crippen molar-refractivity contribution in [3.8, 4) is 11.3 Å². The lowest BCUT2D eigenvalue weighted by molar-refractivity contribution is -0.181. The monoisotopic (exact) mass is 528 g/mol. The molecule has 0 aliphatic rings. The molecule has 0 radical (unpaired) electrons. The van der Waals surface area contributed by atoms with Gasteiger partial charge in [-0.2, -0.15) is 13.2 Å². The molecule has 1 amide bonds. The molecule has 0 bridgehead atoms. The van der Waals surface area contributed by atoms with Gasteiger partial charge in [0.15, 0.2) is 0 Å². The number of anilines is 2. The van der Waals surface area contributed by atoms with Gasteiger partial charge in [0.1, 0.15) is 34.0 Å². The van der Waals surface area contributed by atoms with Gasteiger partial charge in [-0.25, -0.2) is 9.97 Å². The highest BCUT2D eigenvalue weighted by Gasteiger charge is 2.50. The number of halogens is 3. The Bertz CT molecular complexity index is 1490. The number of rotatable bonds is 5. The van der Waals surface area contributed by atoms with E-state index in [9.17, 15) is 18.0 Å². The summed E-state index contributed by atoms with van der Waals surface area (Å²) in [5, 5.41) is 6.07. The van der Waals surface area contributed by atoms with Crippen LogP contribution in [-0.2, 0) is 21.0 Å². The maximum Gasteiger partial charge on any atom is 0.399 e. The molecule has 202 valence electrons. The number of amides is 1. The number of nitrogens with one attached hydrogen (secondary N) is 1. The molecule has 4 aromatic rings. The van der Waals surface area contributed by atoms with Crippen molar-refractivity contribution in [1.82, 2.24) is 19.5 Å². The number of carbonyl (C=O) groups is 1. The normalized spacial score (nSPS) is 13.2. The SMILES string of the molecule is CC(C)(C)c1nc(-c2ccc(C(C)(C)C(=O)Nc3cc(C(C)(C)C(F)(F)F)no3)cc2)c2c(N)nccn12. The van der Waals surface area contributed by atoms with Gasteiger partial charge in [0.05, 0.1) is 5.41 Å². The van der Waals surface area contributed by atoms with Crippen molar-refractivity contribution >= 4 is 23.1 Å². The van der Waals surface area contributed by atoms with E-state index in [-0.39, 0.29) is 17.0 Å². The van der Waals surface area contributed by atoms with Gasteiger partial charge < -0.3 is 10.3 Å². The molecule has 8 nitrogen and oxygen atoms in total. The van der Waals surface area contributed by atoms with E-state index in [0.29, 0.717) is 22.6 Å². The fourth-order valence-corrected chi connectivity index (χ4v) is 4.01. The van der Waals surface area contributed by atoms with Gasteiger partial charge in [-0.15, -0.1) is 0 Å². The molecule has 0 saturated heterocycles. The van der Waals surface area contributed by atoms with Gasteiger partial charge in [0.25, 0.3) is 0 Å². The molecule has 3 N–H and O–H groups in total. The van der Waals surface area contributed by atoms with Gasteiger partial charge in [-0.3, -0.25) is 14.5 Å². The number of fused-ring (bicyclic) bond motifs is 1. The second-order valence-corrected chi connectivity index (χ2v) is 11.4. The summed E-state index contributed by atoms with van der Waals surface area (Å²) in [6.07, 6.45) is -1.06. The zero-order chi connectivity index (χ0) is 28.3. The molecular weight excluding hydrogens is 497 g/mol. The van der Waals surface area contributed by atoms with Gasteiger partial charge in [-0.05, 0) is 33.3 Å². The Morgan fingerprint density at radius 3 is 2.24 bits per heavy atom. The molecule has 38 heavy (non-hydrogen) atoms. The van der Waals surface area contributed by atoms with E-state index in [1.165, 1.54) is 0 Å². The third-order valence-electron chi connectivity index (χ3n) is 6.80. The summed E-state index contributed by atoms with van der Waals surface area (Å²) in [4.78, 5) is 22.2. The van der Waals surface area contributed by atoms with E-state index in [1.807, 2.05) is 34.9 Å². The quantitative estimate of drug-likeness (QED) is 0.328. The van der Waals surface area contributed by atoms with E-state index < -0.39 is 22.9 Å². The molecule has 0 fully saturated rings. The van der Waals surface area contributed by atoms with Gasteiger partial charge in [-0.1, -0.05) is 50.2 Å². The second-order valence-electron chi connectivity index (χ2n) is 11.4. The van der Waals surface area contributed by atoms with Crippen molar-refractivity contribution in [2.45, 2.75) is 70.9 Å². The van der Waals surface area contributed by atoms with Crippen molar-refractivity contribution in [1.29, 1.82) is 0 Å². The molecule has 3 heterocycles. The van der Waals surface area contributed by atoms with Gasteiger partial charge in [0, 0.05) is 29.4 Å². The summed E-state index contributed by atoms with van der Waals surface area (Å²) in [5.74, 6) is 0.567. The van der Waals surface area contributed by atoms with Crippen LogP contribution in [0.4, 0.5) is 24.9 Å². The number of aromatic nitrogens is 4. The topological polar surface area (TPSA) is 111 Å². The number of imidazole rings is 1. The molecule has 1 aromatic carbocycles. The Balaban J connectivity index is 1.61. The van der Waals surface area contributed by atoms with Crippen LogP contribution in [0.1, 0.15) is 65.5 Å². The molecule has 0 saturated carbocycles. The molecule has 3 aromatic heterocycles. The van der Waals surface area contributed by atoms with Crippen LogP contribution < -0.4 is 11.1 Å². The lowest BCUT2D eigenvalue weighted by Crippen LogP contribution is -2.36. The maximum absolute atomic E-state index is 13.3. The first-order chi connectivity index (χ1) is 17.4. The average molecular weight is 529 g/mol. The molecule has 0 spiro atoms. The fourth-order valence-electron chi connectivity index (χ4n) is 4.01. The number of hydrogen-bond donors (Lipinski definition) is 2. The van der Waals surface area contributed by atoms with E-state index in [2.05, 4.69) is 36.2 Å². The van der Waals surface area contributed by atoms with Crippen molar-refractivity contribution in [3.05, 3.63) is 59.8 Å². The van der Waals surface area contributed by atoms with Crippen molar-refractivity contribution in [2.24, 2.45) is 0 Å². The van der Waals surface area contributed by atoms with Crippen LogP contribution >= 0.6 is 0 Å². The predicted molar refractivity (Wildman–Crippen MR) is 139 cm³/mol. The van der Waals surface area contributed by atoms with Gasteiger partial charge in [0.2, 0.25) is 11.8 Å². The smallest absolute Gasteiger partial charge is 0.382 e. The average Bonchev–Trinajstić information content (AvgIpc) is 3.44. The van der Waals surface area contributed by atoms with Crippen molar-refractivity contribution in [2.75, 3.05) is 11.1 Å². The summed E-state index contributed by atoms with van der Waals surface area (Å²) in [6.45, 7) is 11.6. The molecular formula is C27H31F3N6O2. The summed E-state index contributed by atoms with van der Waals surface area (Å²) in [7, 11) is 0. The summed E-state index contributed by atoms with van der Waals surface area (Å²) < 4.78 is 47.0. The van der Waals surface area contributed by atoms with Crippen LogP contribution in [0.15, 0.2) is 47.2 Å². The van der Waals surface area contributed by atoms with Crippen LogP contribution in [0.25, 0.3) is 16.8 Å². The van der Waals surface area contributed by atoms with Crippen molar-refractivity contribution in [3.63, 3.8) is 0 Å². The number of alkyl halides is 3. The standard InChI is InChI=1S/C27H31F3N6O2/c1-24(2,3)22-34-19(20-21(31)32-12-13-36(20)22)15-8-10-16(11-9-15)25(4,5)23(37)33-18-14-17(35-38-18)26(6,7)27(28,29)30/h8-14H,1-7H3,(H2,31,32)(H,33,37). The predicted octanol–water partition coefficient (Wildman–Crippen LogP) is 6.02. The number of carbonyl (C=O) groups excluding carboxylic acids is 1. The Hall–Kier alpha value is -3.89. The third kappa shape index (κ3) is 4.61. The number of nitrogens with zero attached hydrogens (tertiary/aromatic N) is 4. The van der Waals surface area contributed by atoms with Gasteiger partial charge >= 0.3 is 6.18 Å². The Labute approximate surface area is 218 Å². The molecule has 0 unspecified atom stereocenters. The minimum Gasteiger partial charge on any atom is -0.382 e. The molecule has 11 heteroatoms. The van der Waals surface area contributed by atoms with Crippen LogP contribution in [0.5, 0.6) is 0 Å². The zero-order valence-electron chi connectivity index (χ0n) is 22.4. The maximum atomic E-state index is 13.3. The van der Waals surface area contributed by atoms with Crippen LogP contribution in [0.2, 0.25) is 0 Å². The van der Waals surface area contributed by atoms with Crippen LogP contribution in [-0.4, -0.2) is 31.6 Å². The molecule has 0 aliphatic heterocycles. The molecule has 0 atom stereocenters. The number of nitrogens with two attached hydrogens (primary N) is 1. The zero-order valence-corrected chi connectivity index (χ0v) is 22.4. The Kier molecular flexibility index (Phi) is 6.32. The lowest BCUT2D eigenvalue weighted by Gasteiger charge is -2.24. The third-order valence-corrected chi connectivity index (χ3v) is 6.80. The first-order valence-corrected chi connectivity index (χ1v) is 12.0. The number of benzene rings is 1. The van der Waals surface area contributed by atoms with E-state index in [1.54, 1.807) is 20.0 Å². The highest BCUT2D eigenvalue weighted by molar-refractivity contribution is 5.97. The summed E-state index contributed by atoms with van der Waals surface area (Å²) in [5.41, 5.74) is 5.23. The van der Waals surface area contributed by atoms with Crippen LogP contribution in [0, 0.1) is 0 Å². The van der Waals surface area contributed by atoms with E-state index >= 15 is 0 Å². The van der Waals surface area contributed by atoms with E-state index in [0.717, 1.165) is 31.3 Å². The minimum absolute atomic E-state index is 0.158. The first kappa shape index (κ1) is 27.2. The summed E-state index contributed by atoms with van der Waals surface area (Å²) in [6, 6.07) is 8.41. The minimum atomic E-state index is -4.53. The first-order valence-electron chi connectivity index (χ1n) is 12.0. The largest absolute Gasteiger partial charge is 0.399 e. The Morgan fingerprint density at radius 2 is 1.66 bits per heavy atom. The Morgan fingerprint density at radius 1 is 1.03 bits per heavy atom. The lowest BCUT2D eigenvalue weighted by atomic mass is 9.83. The van der Waals surface area contributed by atoms with Crippen molar-refractivity contribution < 1.29 is 22.5 Å². The number of hydrogen-bond acceptors (Lipinski definition) is 6. The summed E-state index contributed by atoms with van der Waals surface area (Å²) >= 11 is 0. The molecule has 4 rings (SSSR count). The number of nitrogen functional groups attached to an aromatic ring is 1. The second kappa shape index (κ2) is 8.85. The van der Waals surface area contributed by atoms with Crippen LogP contribution in [0.3, 0.4) is 0 Å². The molecule has 0 aliphatic carbocycles. The van der Waals surface area contributed by atoms with E-state index in [4.69, 9.17) is 15.2 Å².